The molecule has 0 spiro atoms. The lowest BCUT2D eigenvalue weighted by atomic mass is 9.95. The Labute approximate surface area is 168 Å². The lowest BCUT2D eigenvalue weighted by Gasteiger charge is -2.33. The van der Waals surface area contributed by atoms with E-state index < -0.39 is 0 Å². The van der Waals surface area contributed by atoms with Crippen molar-refractivity contribution in [1.29, 1.82) is 0 Å². The Morgan fingerprint density at radius 3 is 2.14 bits per heavy atom. The monoisotopic (exact) mass is 392 g/mol. The number of likely N-dealkylation sites (tertiary alicyclic amines) is 2. The van der Waals surface area contributed by atoms with Gasteiger partial charge in [-0.3, -0.25) is 9.59 Å². The molecular weight excluding hydrogens is 356 g/mol. The number of nitrogens with zero attached hydrogens (tertiary/aromatic N) is 2. The van der Waals surface area contributed by atoms with E-state index in [1.54, 1.807) is 0 Å². The van der Waals surface area contributed by atoms with Gasteiger partial charge in [-0.15, -0.1) is 0 Å². The van der Waals surface area contributed by atoms with Crippen LogP contribution in [-0.2, 0) is 9.59 Å². The molecule has 0 bridgehead atoms. The molecule has 158 valence electrons. The zero-order valence-electron chi connectivity index (χ0n) is 17.1. The van der Waals surface area contributed by atoms with Crippen LogP contribution in [0, 0.1) is 5.92 Å². The number of urea groups is 1. The molecule has 7 nitrogen and oxygen atoms in total. The summed E-state index contributed by atoms with van der Waals surface area (Å²) in [7, 11) is 0. The molecule has 28 heavy (non-hydrogen) atoms. The number of carbonyl (C=O) groups is 3. The van der Waals surface area contributed by atoms with Gasteiger partial charge in [0.25, 0.3) is 0 Å². The number of hydrogen-bond acceptors (Lipinski definition) is 3. The Morgan fingerprint density at radius 2 is 1.46 bits per heavy atom. The minimum atomic E-state index is -0.111. The topological polar surface area (TPSA) is 81.8 Å². The van der Waals surface area contributed by atoms with Gasteiger partial charge in [0.15, 0.2) is 0 Å². The predicted molar refractivity (Wildman–Crippen MR) is 108 cm³/mol. The van der Waals surface area contributed by atoms with Gasteiger partial charge >= 0.3 is 6.03 Å². The minimum absolute atomic E-state index is 0.0901. The van der Waals surface area contributed by atoms with E-state index in [0.717, 1.165) is 51.6 Å². The highest BCUT2D eigenvalue weighted by Crippen LogP contribution is 2.22. The van der Waals surface area contributed by atoms with Gasteiger partial charge in [-0.1, -0.05) is 19.3 Å². The van der Waals surface area contributed by atoms with Crippen LogP contribution in [0.5, 0.6) is 0 Å². The second-order valence-corrected chi connectivity index (χ2v) is 8.53. The van der Waals surface area contributed by atoms with Crippen LogP contribution >= 0.6 is 0 Å². The summed E-state index contributed by atoms with van der Waals surface area (Å²) in [5, 5.41) is 5.90. The predicted octanol–water partition coefficient (Wildman–Crippen LogP) is 2.26. The number of carbonyl (C=O) groups excluding carboxylic acids is 3. The highest BCUT2D eigenvalue weighted by molar-refractivity contribution is 5.80. The molecular formula is C21H36N4O3. The van der Waals surface area contributed by atoms with Crippen LogP contribution in [0.15, 0.2) is 0 Å². The van der Waals surface area contributed by atoms with E-state index >= 15 is 0 Å². The molecule has 0 unspecified atom stereocenters. The second-order valence-electron chi connectivity index (χ2n) is 8.53. The summed E-state index contributed by atoms with van der Waals surface area (Å²) in [6, 6.07) is 0.195. The average molecular weight is 393 g/mol. The first-order chi connectivity index (χ1) is 13.6. The van der Waals surface area contributed by atoms with Gasteiger partial charge in [0.05, 0.1) is 0 Å². The summed E-state index contributed by atoms with van der Waals surface area (Å²) in [4.78, 5) is 40.7. The first kappa shape index (κ1) is 20.9. The van der Waals surface area contributed by atoms with Crippen molar-refractivity contribution in [2.24, 2.45) is 5.92 Å². The third-order valence-corrected chi connectivity index (χ3v) is 6.41. The normalized spacial score (nSPS) is 21.6. The number of rotatable bonds is 6. The molecule has 1 aliphatic carbocycles. The van der Waals surface area contributed by atoms with Gasteiger partial charge < -0.3 is 20.4 Å². The molecule has 3 rings (SSSR count). The van der Waals surface area contributed by atoms with E-state index in [0.29, 0.717) is 38.5 Å². The Morgan fingerprint density at radius 1 is 0.786 bits per heavy atom. The van der Waals surface area contributed by atoms with Crippen LogP contribution < -0.4 is 10.6 Å². The molecule has 0 aromatic carbocycles. The fourth-order valence-electron chi connectivity index (χ4n) is 4.65. The molecule has 2 saturated heterocycles. The van der Waals surface area contributed by atoms with E-state index in [-0.39, 0.29) is 23.8 Å². The molecule has 0 atom stereocenters. The van der Waals surface area contributed by atoms with Crippen molar-refractivity contribution < 1.29 is 14.4 Å². The first-order valence-electron chi connectivity index (χ1n) is 11.2. The maximum atomic E-state index is 12.5. The molecule has 3 fully saturated rings. The average Bonchev–Trinajstić information content (AvgIpc) is 3.26. The highest BCUT2D eigenvalue weighted by atomic mass is 16.2. The first-order valence-corrected chi connectivity index (χ1v) is 11.2. The lowest BCUT2D eigenvalue weighted by Crippen LogP contribution is -2.44. The number of piperidine rings is 1. The Kier molecular flexibility index (Phi) is 7.98. The Hall–Kier alpha value is -1.79. The fourth-order valence-corrected chi connectivity index (χ4v) is 4.65. The molecule has 4 amide bonds. The van der Waals surface area contributed by atoms with Gasteiger partial charge in [0.1, 0.15) is 0 Å². The van der Waals surface area contributed by atoms with E-state index in [9.17, 15) is 14.4 Å². The molecule has 3 aliphatic rings. The number of amides is 4. The molecule has 0 aromatic heterocycles. The van der Waals surface area contributed by atoms with E-state index in [1.165, 1.54) is 19.3 Å². The van der Waals surface area contributed by atoms with Gasteiger partial charge in [0, 0.05) is 51.1 Å². The van der Waals surface area contributed by atoms with Crippen LogP contribution in [-0.4, -0.2) is 66.4 Å². The number of nitrogens with one attached hydrogen (secondary N) is 2. The summed E-state index contributed by atoms with van der Waals surface area (Å²) in [5.41, 5.74) is 0. The molecule has 0 aromatic rings. The van der Waals surface area contributed by atoms with Crippen LogP contribution in [0.4, 0.5) is 4.79 Å². The second kappa shape index (κ2) is 10.7. The van der Waals surface area contributed by atoms with E-state index in [1.807, 2.05) is 9.80 Å². The third-order valence-electron chi connectivity index (χ3n) is 6.41. The summed E-state index contributed by atoms with van der Waals surface area (Å²) in [6.45, 7) is 3.68. The van der Waals surface area contributed by atoms with Gasteiger partial charge in [0.2, 0.25) is 11.8 Å². The molecule has 2 aliphatic heterocycles. The summed E-state index contributed by atoms with van der Waals surface area (Å²) in [6.07, 6.45) is 10.7. The van der Waals surface area contributed by atoms with Crippen molar-refractivity contribution >= 4 is 17.8 Å². The van der Waals surface area contributed by atoms with E-state index in [4.69, 9.17) is 0 Å². The van der Waals surface area contributed by atoms with Gasteiger partial charge in [-0.05, 0) is 44.9 Å². The van der Waals surface area contributed by atoms with Gasteiger partial charge in [-0.25, -0.2) is 4.79 Å². The largest absolute Gasteiger partial charge is 0.343 e. The zero-order valence-corrected chi connectivity index (χ0v) is 17.1. The van der Waals surface area contributed by atoms with Gasteiger partial charge in [-0.2, -0.15) is 0 Å². The lowest BCUT2D eigenvalue weighted by molar-refractivity contribution is -0.140. The molecule has 1 saturated carbocycles. The van der Waals surface area contributed by atoms with Crippen LogP contribution in [0.3, 0.4) is 0 Å². The summed E-state index contributed by atoms with van der Waals surface area (Å²) >= 11 is 0. The van der Waals surface area contributed by atoms with Crippen molar-refractivity contribution in [3.8, 4) is 0 Å². The van der Waals surface area contributed by atoms with Crippen molar-refractivity contribution in [2.75, 3.05) is 32.7 Å². The highest BCUT2D eigenvalue weighted by Gasteiger charge is 2.31. The quantitative estimate of drug-likeness (QED) is 0.680. The summed E-state index contributed by atoms with van der Waals surface area (Å²) in [5.74, 6) is 0.520. The maximum Gasteiger partial charge on any atom is 0.315 e. The Bertz CT molecular complexity index is 534. The molecule has 2 N–H and O–H groups in total. The van der Waals surface area contributed by atoms with E-state index in [2.05, 4.69) is 10.6 Å². The van der Waals surface area contributed by atoms with Crippen LogP contribution in [0.1, 0.15) is 70.6 Å². The molecule has 7 heteroatoms. The Balaban J connectivity index is 1.26. The van der Waals surface area contributed by atoms with Crippen molar-refractivity contribution in [3.63, 3.8) is 0 Å². The fraction of sp³-hybridized carbons (Fsp3) is 0.857. The molecule has 2 heterocycles. The number of hydrogen-bond donors (Lipinski definition) is 2. The van der Waals surface area contributed by atoms with Crippen LogP contribution in [0.25, 0.3) is 0 Å². The third kappa shape index (κ3) is 6.11. The summed E-state index contributed by atoms with van der Waals surface area (Å²) < 4.78 is 0. The molecule has 0 radical (unpaired) electrons. The minimum Gasteiger partial charge on any atom is -0.343 e. The smallest absolute Gasteiger partial charge is 0.315 e. The zero-order chi connectivity index (χ0) is 19.8. The standard InChI is InChI=1S/C21H36N4O3/c26-19(9-6-12-22-21(28)23-18-7-2-1-3-8-18)24-15-10-17(11-16-24)20(27)25-13-4-5-14-25/h17-18H,1-16H2,(H2,22,23,28). The van der Waals surface area contributed by atoms with Crippen molar-refractivity contribution in [1.82, 2.24) is 20.4 Å². The SMILES string of the molecule is O=C(NCCCC(=O)N1CCC(C(=O)N2CCCC2)CC1)NC1CCCCC1. The van der Waals surface area contributed by atoms with Crippen molar-refractivity contribution in [3.05, 3.63) is 0 Å². The van der Waals surface area contributed by atoms with Crippen molar-refractivity contribution in [2.45, 2.75) is 76.7 Å². The maximum absolute atomic E-state index is 12.5. The van der Waals surface area contributed by atoms with Crippen LogP contribution in [0.2, 0.25) is 0 Å².